The van der Waals surface area contributed by atoms with Gasteiger partial charge in [0.25, 0.3) is 11.7 Å². The summed E-state index contributed by atoms with van der Waals surface area (Å²) in [6, 6.07) is 14.1. The van der Waals surface area contributed by atoms with Crippen molar-refractivity contribution in [1.82, 2.24) is 9.88 Å². The van der Waals surface area contributed by atoms with Gasteiger partial charge in [0.05, 0.1) is 18.7 Å². The summed E-state index contributed by atoms with van der Waals surface area (Å²) in [5, 5.41) is 21.2. The average Bonchev–Trinajstić information content (AvgIpc) is 3.04. The number of phenolic OH excluding ortho intramolecular Hbond substituents is 1. The zero-order valence-corrected chi connectivity index (χ0v) is 17.6. The van der Waals surface area contributed by atoms with Crippen LogP contribution in [-0.2, 0) is 16.1 Å². The van der Waals surface area contributed by atoms with Crippen LogP contribution >= 0.6 is 0 Å². The third-order valence-electron chi connectivity index (χ3n) is 5.49. The summed E-state index contributed by atoms with van der Waals surface area (Å²) in [5.74, 6) is -1.17. The van der Waals surface area contributed by atoms with E-state index in [0.29, 0.717) is 22.4 Å². The van der Waals surface area contributed by atoms with Gasteiger partial charge in [-0.05, 0) is 60.0 Å². The number of rotatable bonds is 5. The van der Waals surface area contributed by atoms with Gasteiger partial charge in [-0.15, -0.1) is 0 Å². The predicted octanol–water partition coefficient (Wildman–Crippen LogP) is 3.73. The Kier molecular flexibility index (Phi) is 5.64. The Balaban J connectivity index is 1.88. The van der Waals surface area contributed by atoms with Gasteiger partial charge in [0, 0.05) is 24.5 Å². The highest BCUT2D eigenvalue weighted by Gasteiger charge is 2.46. The van der Waals surface area contributed by atoms with E-state index in [-0.39, 0.29) is 23.6 Å². The maximum absolute atomic E-state index is 13.1. The van der Waals surface area contributed by atoms with E-state index in [1.165, 1.54) is 17.0 Å². The molecule has 1 atom stereocenters. The second kappa shape index (κ2) is 8.55. The van der Waals surface area contributed by atoms with Crippen LogP contribution in [-0.4, -0.2) is 38.9 Å². The number of benzene rings is 2. The van der Waals surface area contributed by atoms with Crippen molar-refractivity contribution in [1.29, 1.82) is 0 Å². The summed E-state index contributed by atoms with van der Waals surface area (Å²) >= 11 is 0. The quantitative estimate of drug-likeness (QED) is 0.364. The number of aromatic nitrogens is 1. The van der Waals surface area contributed by atoms with Crippen LogP contribution in [0.25, 0.3) is 5.76 Å². The van der Waals surface area contributed by atoms with Gasteiger partial charge in [-0.3, -0.25) is 14.6 Å². The van der Waals surface area contributed by atoms with Crippen LogP contribution < -0.4 is 4.74 Å². The molecule has 1 aromatic heterocycles. The van der Waals surface area contributed by atoms with Crippen LogP contribution in [0.15, 0.2) is 72.6 Å². The van der Waals surface area contributed by atoms with Gasteiger partial charge in [-0.25, -0.2) is 0 Å². The molecule has 2 heterocycles. The minimum Gasteiger partial charge on any atom is -0.508 e. The highest BCUT2D eigenvalue weighted by Crippen LogP contribution is 2.41. The first-order chi connectivity index (χ1) is 15.4. The number of methoxy groups -OCH3 is 1. The van der Waals surface area contributed by atoms with E-state index < -0.39 is 17.7 Å². The highest BCUT2D eigenvalue weighted by molar-refractivity contribution is 6.46. The molecule has 1 aliphatic heterocycles. The molecule has 0 aliphatic carbocycles. The number of nitrogens with zero attached hydrogens (tertiary/aromatic N) is 2. The van der Waals surface area contributed by atoms with Crippen molar-refractivity contribution in [3.63, 3.8) is 0 Å². The van der Waals surface area contributed by atoms with Gasteiger partial charge in [-0.2, -0.15) is 0 Å². The Morgan fingerprint density at radius 1 is 1.12 bits per heavy atom. The molecule has 2 N–H and O–H groups in total. The van der Waals surface area contributed by atoms with Gasteiger partial charge in [0.2, 0.25) is 0 Å². The summed E-state index contributed by atoms with van der Waals surface area (Å²) < 4.78 is 5.22. The maximum atomic E-state index is 13.1. The Bertz CT molecular complexity index is 1220. The number of aliphatic hydroxyl groups excluding tert-OH is 1. The van der Waals surface area contributed by atoms with Crippen LogP contribution in [0.5, 0.6) is 11.5 Å². The molecule has 1 unspecified atom stereocenters. The number of hydrogen-bond acceptors (Lipinski definition) is 6. The predicted molar refractivity (Wildman–Crippen MR) is 118 cm³/mol. The van der Waals surface area contributed by atoms with Gasteiger partial charge >= 0.3 is 0 Å². The van der Waals surface area contributed by atoms with E-state index in [0.717, 1.165) is 5.56 Å². The number of Topliss-reactive ketones (excluding diaryl/α,β-unsaturated/α-hetero) is 1. The number of phenols is 1. The molecule has 0 saturated carbocycles. The number of amides is 1. The van der Waals surface area contributed by atoms with Gasteiger partial charge in [0.1, 0.15) is 17.3 Å². The Morgan fingerprint density at radius 2 is 1.94 bits per heavy atom. The second-order valence-electron chi connectivity index (χ2n) is 7.56. The smallest absolute Gasteiger partial charge is 0.295 e. The van der Waals surface area contributed by atoms with Crippen LogP contribution in [0.4, 0.5) is 0 Å². The van der Waals surface area contributed by atoms with Crippen LogP contribution in [0.2, 0.25) is 0 Å². The molecular weight excluding hydrogens is 408 g/mol. The van der Waals surface area contributed by atoms with E-state index in [1.807, 2.05) is 0 Å². The SMILES string of the molecule is COc1ccc(/C(O)=C2/C(=O)C(=O)N(Cc3cccnc3)C2c2cccc(O)c2)c(C)c1. The Morgan fingerprint density at radius 3 is 2.59 bits per heavy atom. The zero-order valence-electron chi connectivity index (χ0n) is 17.6. The monoisotopic (exact) mass is 430 g/mol. The van der Waals surface area contributed by atoms with Crippen molar-refractivity contribution < 1.29 is 24.5 Å². The lowest BCUT2D eigenvalue weighted by molar-refractivity contribution is -0.140. The number of likely N-dealkylation sites (tertiary alicyclic amines) is 1. The van der Waals surface area contributed by atoms with E-state index in [1.54, 1.807) is 68.9 Å². The molecule has 1 aliphatic rings. The Labute approximate surface area is 185 Å². The summed E-state index contributed by atoms with van der Waals surface area (Å²) in [4.78, 5) is 31.6. The number of ketones is 1. The first-order valence-corrected chi connectivity index (χ1v) is 10.0. The number of carbonyl (C=O) groups excluding carboxylic acids is 2. The van der Waals surface area contributed by atoms with Gasteiger partial charge in [0.15, 0.2) is 0 Å². The molecule has 3 aromatic rings. The molecule has 1 fully saturated rings. The summed E-state index contributed by atoms with van der Waals surface area (Å²) in [6.07, 6.45) is 3.24. The van der Waals surface area contributed by atoms with E-state index in [9.17, 15) is 19.8 Å². The summed E-state index contributed by atoms with van der Waals surface area (Å²) in [5.41, 5.74) is 2.34. The lowest BCUT2D eigenvalue weighted by Crippen LogP contribution is -2.29. The number of hydrogen-bond donors (Lipinski definition) is 2. The second-order valence-corrected chi connectivity index (χ2v) is 7.56. The van der Waals surface area contributed by atoms with Gasteiger partial charge in [-0.1, -0.05) is 18.2 Å². The molecule has 0 bridgehead atoms. The first kappa shape index (κ1) is 21.1. The lowest BCUT2D eigenvalue weighted by atomic mass is 9.93. The van der Waals surface area contributed by atoms with E-state index in [2.05, 4.69) is 4.98 Å². The van der Waals surface area contributed by atoms with Crippen LogP contribution in [0.3, 0.4) is 0 Å². The number of aromatic hydroxyl groups is 1. The number of ether oxygens (including phenoxy) is 1. The standard InChI is InChI=1S/C25H22N2O5/c1-15-11-19(32-2)8-9-20(15)23(29)21-22(17-6-3-7-18(28)12-17)27(25(31)24(21)30)14-16-5-4-10-26-13-16/h3-13,22,28-29H,14H2,1-2H3/b23-21-. The van der Waals surface area contributed by atoms with Crippen LogP contribution in [0.1, 0.15) is 28.3 Å². The van der Waals surface area contributed by atoms with Gasteiger partial charge < -0.3 is 19.8 Å². The third kappa shape index (κ3) is 3.80. The number of carbonyl (C=O) groups is 2. The number of pyridine rings is 1. The molecule has 7 heteroatoms. The summed E-state index contributed by atoms with van der Waals surface area (Å²) in [6.45, 7) is 1.91. The molecule has 1 amide bonds. The summed E-state index contributed by atoms with van der Waals surface area (Å²) in [7, 11) is 1.54. The van der Waals surface area contributed by atoms with Crippen LogP contribution in [0, 0.1) is 6.92 Å². The van der Waals surface area contributed by atoms with Crippen molar-refractivity contribution in [2.24, 2.45) is 0 Å². The Hall–Kier alpha value is -4.13. The molecule has 0 radical (unpaired) electrons. The number of aliphatic hydroxyl groups is 1. The topological polar surface area (TPSA) is 100.0 Å². The molecule has 4 rings (SSSR count). The minimum absolute atomic E-state index is 0.00454. The molecule has 1 saturated heterocycles. The molecule has 32 heavy (non-hydrogen) atoms. The third-order valence-corrected chi connectivity index (χ3v) is 5.49. The molecule has 162 valence electrons. The van der Waals surface area contributed by atoms with Crippen molar-refractivity contribution in [2.75, 3.05) is 7.11 Å². The lowest BCUT2D eigenvalue weighted by Gasteiger charge is -2.25. The first-order valence-electron chi connectivity index (χ1n) is 10.0. The molecule has 0 spiro atoms. The zero-order chi connectivity index (χ0) is 22.8. The van der Waals surface area contributed by atoms with E-state index in [4.69, 9.17) is 4.74 Å². The average molecular weight is 430 g/mol. The fraction of sp³-hybridized carbons (Fsp3) is 0.160. The maximum Gasteiger partial charge on any atom is 0.295 e. The molecular formula is C25H22N2O5. The number of aryl methyl sites for hydroxylation is 1. The molecule has 7 nitrogen and oxygen atoms in total. The van der Waals surface area contributed by atoms with Crippen molar-refractivity contribution in [3.8, 4) is 11.5 Å². The van der Waals surface area contributed by atoms with Crippen molar-refractivity contribution in [2.45, 2.75) is 19.5 Å². The van der Waals surface area contributed by atoms with Crippen molar-refractivity contribution >= 4 is 17.4 Å². The highest BCUT2D eigenvalue weighted by atomic mass is 16.5. The largest absolute Gasteiger partial charge is 0.508 e. The van der Waals surface area contributed by atoms with Crippen molar-refractivity contribution in [3.05, 3.63) is 94.8 Å². The van der Waals surface area contributed by atoms with E-state index >= 15 is 0 Å². The fourth-order valence-corrected chi connectivity index (χ4v) is 3.95. The minimum atomic E-state index is -0.871. The molecule has 2 aromatic carbocycles. The normalized spacial score (nSPS) is 17.6. The fourth-order valence-electron chi connectivity index (χ4n) is 3.95.